The number of carbonyl (C=O) groups is 3. The first-order valence-corrected chi connectivity index (χ1v) is 11.3. The third-order valence-electron chi connectivity index (χ3n) is 6.36. The Kier molecular flexibility index (Phi) is 6.86. The van der Waals surface area contributed by atoms with Crippen molar-refractivity contribution in [3.8, 4) is 5.75 Å². The maximum atomic E-state index is 12.6. The summed E-state index contributed by atoms with van der Waals surface area (Å²) >= 11 is 5.91. The Balaban J connectivity index is 1.19. The summed E-state index contributed by atoms with van der Waals surface area (Å²) in [5.74, 6) is -0.674. The summed E-state index contributed by atoms with van der Waals surface area (Å²) in [6.45, 7) is 0. The molecular formula is C22H24ClF3N2O5. The first-order chi connectivity index (χ1) is 15.6. The van der Waals surface area contributed by atoms with Crippen molar-refractivity contribution in [3.05, 3.63) is 28.8 Å². The molecule has 7 nitrogen and oxygen atoms in total. The third-order valence-corrected chi connectivity index (χ3v) is 6.60. The van der Waals surface area contributed by atoms with E-state index < -0.39 is 18.6 Å². The van der Waals surface area contributed by atoms with Gasteiger partial charge in [0.05, 0.1) is 18.1 Å². The zero-order valence-electron chi connectivity index (χ0n) is 17.6. The van der Waals surface area contributed by atoms with Crippen molar-refractivity contribution in [1.82, 2.24) is 10.6 Å². The fraction of sp³-hybridized carbons (Fsp3) is 0.591. The lowest BCUT2D eigenvalue weighted by Gasteiger charge is -2.37. The molecule has 0 unspecified atom stereocenters. The van der Waals surface area contributed by atoms with Gasteiger partial charge >= 0.3 is 6.36 Å². The van der Waals surface area contributed by atoms with Crippen LogP contribution < -0.4 is 15.4 Å². The molecule has 1 aromatic rings. The summed E-state index contributed by atoms with van der Waals surface area (Å²) in [6, 6.07) is 4.24. The average Bonchev–Trinajstić information content (AvgIpc) is 2.72. The van der Waals surface area contributed by atoms with Crippen LogP contribution in [0.5, 0.6) is 5.75 Å². The van der Waals surface area contributed by atoms with Gasteiger partial charge in [-0.05, 0) is 56.7 Å². The van der Waals surface area contributed by atoms with Crippen LogP contribution in [-0.2, 0) is 14.3 Å². The van der Waals surface area contributed by atoms with Gasteiger partial charge in [-0.25, -0.2) is 0 Å². The number of hydrogen-bond acceptors (Lipinski definition) is 5. The van der Waals surface area contributed by atoms with Crippen molar-refractivity contribution in [1.29, 1.82) is 0 Å². The third kappa shape index (κ3) is 5.97. The van der Waals surface area contributed by atoms with E-state index in [0.717, 1.165) is 0 Å². The number of nitrogens with one attached hydrogen (secondary N) is 2. The number of ether oxygens (including phenoxy) is 2. The predicted molar refractivity (Wildman–Crippen MR) is 111 cm³/mol. The van der Waals surface area contributed by atoms with Gasteiger partial charge in [0.15, 0.2) is 11.9 Å². The van der Waals surface area contributed by atoms with Crippen molar-refractivity contribution >= 4 is 29.2 Å². The number of benzene rings is 1. The number of Topliss-reactive ketones (excluding diaryl/α,β-unsaturated/α-hetero) is 1. The summed E-state index contributed by atoms with van der Waals surface area (Å²) in [4.78, 5) is 37.4. The summed E-state index contributed by atoms with van der Waals surface area (Å²) in [6.07, 6.45) is -3.99. The topological polar surface area (TPSA) is 93.7 Å². The average molecular weight is 489 g/mol. The lowest BCUT2D eigenvalue weighted by atomic mass is 9.83. The van der Waals surface area contributed by atoms with Gasteiger partial charge in [-0.3, -0.25) is 19.1 Å². The highest BCUT2D eigenvalue weighted by Crippen LogP contribution is 2.32. The largest absolute Gasteiger partial charge is 0.522 e. The van der Waals surface area contributed by atoms with Gasteiger partial charge in [0.25, 0.3) is 5.91 Å². The van der Waals surface area contributed by atoms with E-state index in [4.69, 9.17) is 16.3 Å². The van der Waals surface area contributed by atoms with Crippen LogP contribution >= 0.6 is 11.6 Å². The van der Waals surface area contributed by atoms with E-state index in [1.165, 1.54) is 6.07 Å². The molecule has 0 radical (unpaired) electrons. The maximum Gasteiger partial charge on any atom is 0.522 e. The van der Waals surface area contributed by atoms with Gasteiger partial charge in [-0.2, -0.15) is 0 Å². The molecule has 2 fully saturated rings. The van der Waals surface area contributed by atoms with Gasteiger partial charge in [-0.1, -0.05) is 11.6 Å². The van der Waals surface area contributed by atoms with Crippen LogP contribution in [0.1, 0.15) is 55.3 Å². The minimum Gasteiger partial charge on any atom is -0.479 e. The number of fused-ring (bicyclic) bond motifs is 1. The van der Waals surface area contributed by atoms with Crippen LogP contribution in [0.2, 0.25) is 5.02 Å². The van der Waals surface area contributed by atoms with Crippen LogP contribution in [0.4, 0.5) is 13.2 Å². The lowest BCUT2D eigenvalue weighted by Crippen LogP contribution is -2.51. The normalized spacial score (nSPS) is 29.3. The highest BCUT2D eigenvalue weighted by molar-refractivity contribution is 6.31. The molecule has 11 heteroatoms. The number of carbonyl (C=O) groups excluding carboxylic acids is 3. The van der Waals surface area contributed by atoms with Crippen molar-refractivity contribution in [2.24, 2.45) is 5.92 Å². The van der Waals surface area contributed by atoms with E-state index in [1.54, 1.807) is 12.1 Å². The van der Waals surface area contributed by atoms with E-state index in [9.17, 15) is 27.6 Å². The maximum absolute atomic E-state index is 12.6. The molecule has 180 valence electrons. The molecule has 33 heavy (non-hydrogen) atoms. The number of alkyl halides is 3. The molecular weight excluding hydrogens is 465 g/mol. The van der Waals surface area contributed by atoms with Crippen LogP contribution in [-0.4, -0.2) is 48.3 Å². The Labute approximate surface area is 193 Å². The number of halogens is 4. The van der Waals surface area contributed by atoms with E-state index in [1.807, 2.05) is 0 Å². The highest BCUT2D eigenvalue weighted by atomic mass is 35.5. The van der Waals surface area contributed by atoms with E-state index >= 15 is 0 Å². The second kappa shape index (κ2) is 9.50. The van der Waals surface area contributed by atoms with Crippen molar-refractivity contribution in [3.63, 3.8) is 0 Å². The van der Waals surface area contributed by atoms with Crippen LogP contribution in [0.15, 0.2) is 18.2 Å². The fourth-order valence-electron chi connectivity index (χ4n) is 4.52. The molecule has 1 aliphatic heterocycles. The zero-order chi connectivity index (χ0) is 23.8. The molecule has 0 bridgehead atoms. The SMILES string of the molecule is O=C1C[C@H](C(=O)NC2CCC(C(=O)NC3CC(OC(F)(F)F)C3)CC2)Oc2ccc(Cl)cc21. The molecule has 4 rings (SSSR count). The molecule has 2 saturated carbocycles. The molecule has 1 atom stereocenters. The van der Waals surface area contributed by atoms with Crippen LogP contribution in [0, 0.1) is 5.92 Å². The van der Waals surface area contributed by atoms with Gasteiger partial charge in [0.2, 0.25) is 5.91 Å². The monoisotopic (exact) mass is 488 g/mol. The summed E-state index contributed by atoms with van der Waals surface area (Å²) in [5.41, 5.74) is 0.362. The molecule has 0 aromatic heterocycles. The summed E-state index contributed by atoms with van der Waals surface area (Å²) in [5, 5.41) is 6.11. The quantitative estimate of drug-likeness (QED) is 0.661. The molecule has 2 aliphatic carbocycles. The summed E-state index contributed by atoms with van der Waals surface area (Å²) in [7, 11) is 0. The Morgan fingerprint density at radius 1 is 1.03 bits per heavy atom. The lowest BCUT2D eigenvalue weighted by molar-refractivity contribution is -0.351. The Morgan fingerprint density at radius 3 is 2.36 bits per heavy atom. The number of ketones is 1. The Hall–Kier alpha value is -2.33. The van der Waals surface area contributed by atoms with Gasteiger partial charge in [0.1, 0.15) is 5.75 Å². The van der Waals surface area contributed by atoms with Gasteiger partial charge < -0.3 is 15.4 Å². The number of hydrogen-bond donors (Lipinski definition) is 2. The van der Waals surface area contributed by atoms with E-state index in [-0.39, 0.29) is 54.9 Å². The molecule has 0 spiro atoms. The second-order valence-electron chi connectivity index (χ2n) is 8.79. The Morgan fingerprint density at radius 2 is 1.70 bits per heavy atom. The Bertz CT molecular complexity index is 927. The molecule has 2 N–H and O–H groups in total. The predicted octanol–water partition coefficient (Wildman–Crippen LogP) is 3.53. The zero-order valence-corrected chi connectivity index (χ0v) is 18.4. The van der Waals surface area contributed by atoms with Crippen LogP contribution in [0.3, 0.4) is 0 Å². The standard InChI is InChI=1S/C22H24ClF3N2O5/c23-12-3-6-18-16(7-12)17(29)10-19(32-18)21(31)27-13-4-1-11(2-5-13)20(30)28-14-8-15(9-14)33-22(24,25)26/h3,6-7,11,13-15,19H,1-2,4-5,8-10H2,(H,27,31)(H,28,30)/t11?,13?,14?,15?,19-/m1/s1. The minimum absolute atomic E-state index is 0.0721. The first-order valence-electron chi connectivity index (χ1n) is 10.9. The smallest absolute Gasteiger partial charge is 0.479 e. The van der Waals surface area contributed by atoms with Gasteiger partial charge in [0, 0.05) is 23.0 Å². The van der Waals surface area contributed by atoms with E-state index in [2.05, 4.69) is 15.4 Å². The van der Waals surface area contributed by atoms with Crippen molar-refractivity contribution in [2.75, 3.05) is 0 Å². The fourth-order valence-corrected chi connectivity index (χ4v) is 4.70. The molecule has 1 heterocycles. The molecule has 0 saturated heterocycles. The minimum atomic E-state index is -4.66. The number of amides is 2. The van der Waals surface area contributed by atoms with Crippen LogP contribution in [0.25, 0.3) is 0 Å². The van der Waals surface area contributed by atoms with Crippen molar-refractivity contribution in [2.45, 2.75) is 75.6 Å². The van der Waals surface area contributed by atoms with Crippen molar-refractivity contribution < 1.29 is 37.0 Å². The second-order valence-corrected chi connectivity index (χ2v) is 9.23. The first kappa shape index (κ1) is 23.8. The number of rotatable bonds is 5. The molecule has 1 aromatic carbocycles. The summed E-state index contributed by atoms with van der Waals surface area (Å²) < 4.78 is 46.2. The van der Waals surface area contributed by atoms with Gasteiger partial charge in [-0.15, -0.1) is 13.2 Å². The molecule has 3 aliphatic rings. The van der Waals surface area contributed by atoms with E-state index in [0.29, 0.717) is 42.0 Å². The molecule has 2 amide bonds. The highest BCUT2D eigenvalue weighted by Gasteiger charge is 2.41.